The van der Waals surface area contributed by atoms with E-state index in [2.05, 4.69) is 11.4 Å². The minimum Gasteiger partial charge on any atom is -0.385 e. The summed E-state index contributed by atoms with van der Waals surface area (Å²) in [6.07, 6.45) is 0.821. The standard InChI is InChI=1S/C20H25N3O2S/c1-15-16(2)23(10-7-11-25-3)20(18(15)12-21)22-19(24)14-26-13-17-8-5-4-6-9-17/h4-6,8-9H,7,10-11,13-14H2,1-3H3,(H,22,24). The van der Waals surface area contributed by atoms with Gasteiger partial charge in [0.15, 0.2) is 0 Å². The van der Waals surface area contributed by atoms with Crippen molar-refractivity contribution in [2.75, 3.05) is 24.8 Å². The lowest BCUT2D eigenvalue weighted by Crippen LogP contribution is -2.18. The fourth-order valence-electron chi connectivity index (χ4n) is 2.78. The highest BCUT2D eigenvalue weighted by Crippen LogP contribution is 2.27. The molecular weight excluding hydrogens is 346 g/mol. The topological polar surface area (TPSA) is 67.1 Å². The molecule has 0 saturated carbocycles. The zero-order valence-electron chi connectivity index (χ0n) is 15.5. The number of anilines is 1. The van der Waals surface area contributed by atoms with Gasteiger partial charge in [0, 0.05) is 31.7 Å². The number of methoxy groups -OCH3 is 1. The van der Waals surface area contributed by atoms with E-state index in [0.717, 1.165) is 23.4 Å². The maximum atomic E-state index is 12.4. The first-order chi connectivity index (χ1) is 12.6. The van der Waals surface area contributed by atoms with Crippen LogP contribution in [-0.4, -0.2) is 29.9 Å². The molecule has 0 aliphatic carbocycles. The quantitative estimate of drug-likeness (QED) is 0.679. The zero-order chi connectivity index (χ0) is 18.9. The summed E-state index contributed by atoms with van der Waals surface area (Å²) in [4.78, 5) is 12.4. The molecule has 0 aliphatic rings. The van der Waals surface area contributed by atoms with Crippen molar-refractivity contribution in [2.24, 2.45) is 0 Å². The highest BCUT2D eigenvalue weighted by Gasteiger charge is 2.19. The van der Waals surface area contributed by atoms with E-state index < -0.39 is 0 Å². The summed E-state index contributed by atoms with van der Waals surface area (Å²) in [6, 6.07) is 12.3. The van der Waals surface area contributed by atoms with E-state index in [1.807, 2.05) is 48.7 Å². The minimum atomic E-state index is -0.0899. The summed E-state index contributed by atoms with van der Waals surface area (Å²) in [5, 5.41) is 12.4. The molecule has 0 fully saturated rings. The van der Waals surface area contributed by atoms with Gasteiger partial charge in [-0.2, -0.15) is 5.26 Å². The van der Waals surface area contributed by atoms with Crippen LogP contribution in [0.15, 0.2) is 30.3 Å². The van der Waals surface area contributed by atoms with E-state index in [1.165, 1.54) is 5.56 Å². The number of hydrogen-bond acceptors (Lipinski definition) is 4. The molecule has 5 nitrogen and oxygen atoms in total. The van der Waals surface area contributed by atoms with Crippen molar-refractivity contribution >= 4 is 23.5 Å². The third-order valence-corrected chi connectivity index (χ3v) is 5.28. The number of nitriles is 1. The summed E-state index contributed by atoms with van der Waals surface area (Å²) >= 11 is 1.56. The third-order valence-electron chi connectivity index (χ3n) is 4.27. The van der Waals surface area contributed by atoms with Crippen molar-refractivity contribution in [2.45, 2.75) is 32.6 Å². The van der Waals surface area contributed by atoms with Crippen LogP contribution in [0.1, 0.15) is 28.8 Å². The number of hydrogen-bond donors (Lipinski definition) is 1. The lowest BCUT2D eigenvalue weighted by atomic mass is 10.2. The second kappa shape index (κ2) is 10.0. The predicted molar refractivity (Wildman–Crippen MR) is 106 cm³/mol. The van der Waals surface area contributed by atoms with Gasteiger partial charge in [-0.05, 0) is 31.4 Å². The molecule has 2 aromatic rings. The molecule has 1 aromatic heterocycles. The summed E-state index contributed by atoms with van der Waals surface area (Å²) in [5.41, 5.74) is 3.65. The van der Waals surface area contributed by atoms with Crippen LogP contribution in [0, 0.1) is 25.2 Å². The smallest absolute Gasteiger partial charge is 0.235 e. The molecule has 0 aliphatic heterocycles. The molecule has 0 bridgehead atoms. The summed E-state index contributed by atoms with van der Waals surface area (Å²) < 4.78 is 7.12. The predicted octanol–water partition coefficient (Wildman–Crippen LogP) is 3.89. The minimum absolute atomic E-state index is 0.0899. The van der Waals surface area contributed by atoms with Gasteiger partial charge in [0.25, 0.3) is 0 Å². The second-order valence-electron chi connectivity index (χ2n) is 6.07. The molecule has 0 unspecified atom stereocenters. The highest BCUT2D eigenvalue weighted by molar-refractivity contribution is 7.99. The van der Waals surface area contributed by atoms with Crippen LogP contribution in [0.3, 0.4) is 0 Å². The lowest BCUT2D eigenvalue weighted by Gasteiger charge is -2.13. The first kappa shape index (κ1) is 20.1. The Balaban J connectivity index is 2.03. The van der Waals surface area contributed by atoms with E-state index in [-0.39, 0.29) is 5.91 Å². The van der Waals surface area contributed by atoms with Crippen LogP contribution in [-0.2, 0) is 21.8 Å². The molecule has 1 heterocycles. The van der Waals surface area contributed by atoms with Crippen LogP contribution in [0.2, 0.25) is 0 Å². The zero-order valence-corrected chi connectivity index (χ0v) is 16.4. The van der Waals surface area contributed by atoms with Gasteiger partial charge < -0.3 is 14.6 Å². The second-order valence-corrected chi connectivity index (χ2v) is 7.06. The number of amides is 1. The number of benzene rings is 1. The molecule has 2 rings (SSSR count). The Bertz CT molecular complexity index is 779. The Morgan fingerprint density at radius 3 is 2.69 bits per heavy atom. The van der Waals surface area contributed by atoms with Crippen LogP contribution >= 0.6 is 11.8 Å². The van der Waals surface area contributed by atoms with Crippen molar-refractivity contribution < 1.29 is 9.53 Å². The first-order valence-corrected chi connectivity index (χ1v) is 9.74. The lowest BCUT2D eigenvalue weighted by molar-refractivity contribution is -0.113. The van der Waals surface area contributed by atoms with Crippen LogP contribution in [0.5, 0.6) is 0 Å². The summed E-state index contributed by atoms with van der Waals surface area (Å²) in [7, 11) is 1.67. The fraction of sp³-hybridized carbons (Fsp3) is 0.400. The fourth-order valence-corrected chi connectivity index (χ4v) is 3.57. The Hall–Kier alpha value is -2.23. The number of rotatable bonds is 9. The normalized spacial score (nSPS) is 10.5. The number of nitrogens with one attached hydrogen (secondary N) is 1. The van der Waals surface area contributed by atoms with Gasteiger partial charge >= 0.3 is 0 Å². The van der Waals surface area contributed by atoms with Crippen molar-refractivity contribution in [1.29, 1.82) is 5.26 Å². The molecule has 1 amide bonds. The number of carbonyl (C=O) groups excluding carboxylic acids is 1. The van der Waals surface area contributed by atoms with Crippen molar-refractivity contribution in [1.82, 2.24) is 4.57 Å². The Morgan fingerprint density at radius 1 is 1.31 bits per heavy atom. The number of nitrogens with zero attached hydrogens (tertiary/aromatic N) is 2. The maximum absolute atomic E-state index is 12.4. The number of thioether (sulfide) groups is 1. The molecule has 6 heteroatoms. The molecule has 1 N–H and O–H groups in total. The number of carbonyl (C=O) groups is 1. The molecule has 0 saturated heterocycles. The number of aromatic nitrogens is 1. The SMILES string of the molecule is COCCCn1c(C)c(C)c(C#N)c1NC(=O)CSCc1ccccc1. The largest absolute Gasteiger partial charge is 0.385 e. The van der Waals surface area contributed by atoms with Crippen LogP contribution < -0.4 is 5.32 Å². The summed E-state index contributed by atoms with van der Waals surface area (Å²) in [6.45, 7) is 5.23. The number of ether oxygens (including phenoxy) is 1. The Kier molecular flexibility index (Phi) is 7.76. The third kappa shape index (κ3) is 5.13. The van der Waals surface area contributed by atoms with Gasteiger partial charge in [-0.3, -0.25) is 4.79 Å². The van der Waals surface area contributed by atoms with Gasteiger partial charge in [0.1, 0.15) is 11.9 Å². The Morgan fingerprint density at radius 2 is 2.04 bits per heavy atom. The van der Waals surface area contributed by atoms with E-state index >= 15 is 0 Å². The van der Waals surface area contributed by atoms with Crippen LogP contribution in [0.25, 0.3) is 0 Å². The van der Waals surface area contributed by atoms with Gasteiger partial charge in [-0.1, -0.05) is 30.3 Å². The molecule has 0 radical (unpaired) electrons. The first-order valence-electron chi connectivity index (χ1n) is 8.58. The monoisotopic (exact) mass is 371 g/mol. The molecule has 1 aromatic carbocycles. The van der Waals surface area contributed by atoms with Gasteiger partial charge in [0.05, 0.1) is 11.3 Å². The molecule has 0 spiro atoms. The molecule has 0 atom stereocenters. The molecule has 26 heavy (non-hydrogen) atoms. The van der Waals surface area contributed by atoms with Crippen LogP contribution in [0.4, 0.5) is 5.82 Å². The van der Waals surface area contributed by atoms with E-state index in [4.69, 9.17) is 4.74 Å². The summed E-state index contributed by atoms with van der Waals surface area (Å²) in [5.74, 6) is 1.64. The average Bonchev–Trinajstić information content (AvgIpc) is 2.86. The van der Waals surface area contributed by atoms with Gasteiger partial charge in [-0.15, -0.1) is 11.8 Å². The molecular formula is C20H25N3O2S. The maximum Gasteiger partial charge on any atom is 0.235 e. The van der Waals surface area contributed by atoms with Crippen molar-refractivity contribution in [3.05, 3.63) is 52.7 Å². The van der Waals surface area contributed by atoms with Gasteiger partial charge in [-0.25, -0.2) is 0 Å². The van der Waals surface area contributed by atoms with Gasteiger partial charge in [0.2, 0.25) is 5.91 Å². The highest BCUT2D eigenvalue weighted by atomic mass is 32.2. The van der Waals surface area contributed by atoms with Crippen molar-refractivity contribution in [3.8, 4) is 6.07 Å². The van der Waals surface area contributed by atoms with E-state index in [0.29, 0.717) is 30.3 Å². The average molecular weight is 372 g/mol. The van der Waals surface area contributed by atoms with E-state index in [9.17, 15) is 10.1 Å². The molecule has 138 valence electrons. The Labute approximate surface area is 159 Å². The van der Waals surface area contributed by atoms with Crippen molar-refractivity contribution in [3.63, 3.8) is 0 Å². The van der Waals surface area contributed by atoms with E-state index in [1.54, 1.807) is 18.9 Å².